The van der Waals surface area contributed by atoms with E-state index in [0.29, 0.717) is 0 Å². The molecule has 1 aromatic heterocycles. The number of fused-ring (bicyclic) bond motifs is 1. The Kier molecular flexibility index (Phi) is 2.79. The van der Waals surface area contributed by atoms with Crippen molar-refractivity contribution in [3.05, 3.63) is 78.0 Å². The Morgan fingerprint density at radius 2 is 1.67 bits per heavy atom. The highest BCUT2D eigenvalue weighted by molar-refractivity contribution is 5.78. The van der Waals surface area contributed by atoms with Crippen LogP contribution in [-0.2, 0) is 5.41 Å². The fourth-order valence-electron chi connectivity index (χ4n) is 3.18. The number of nitrogens with zero attached hydrogens (tertiary/aromatic N) is 1. The highest BCUT2D eigenvalue weighted by Gasteiger charge is 2.50. The molecule has 1 N–H and O–H groups in total. The molecule has 0 radical (unpaired) electrons. The first-order valence-electron chi connectivity index (χ1n) is 7.38. The number of rotatable bonds is 3. The highest BCUT2D eigenvalue weighted by atomic mass is 16.3. The molecule has 1 saturated carbocycles. The van der Waals surface area contributed by atoms with Crippen molar-refractivity contribution in [1.29, 1.82) is 0 Å². The van der Waals surface area contributed by atoms with Gasteiger partial charge in [-0.3, -0.25) is 4.98 Å². The standard InChI is InChI=1S/C19H17NO/c21-18(19(10-11-19)16-7-2-1-3-8-16)15-12-14-6-4-5-9-17(14)20-13-15/h1-9,12-13,18,21H,10-11H2. The lowest BCUT2D eigenvalue weighted by molar-refractivity contribution is 0.133. The zero-order chi connectivity index (χ0) is 14.3. The van der Waals surface area contributed by atoms with Gasteiger partial charge in [-0.1, -0.05) is 48.5 Å². The smallest absolute Gasteiger partial charge is 0.0901 e. The second-order valence-electron chi connectivity index (χ2n) is 5.89. The summed E-state index contributed by atoms with van der Waals surface area (Å²) < 4.78 is 0. The van der Waals surface area contributed by atoms with Crippen molar-refractivity contribution in [2.45, 2.75) is 24.4 Å². The zero-order valence-electron chi connectivity index (χ0n) is 11.7. The Labute approximate surface area is 124 Å². The van der Waals surface area contributed by atoms with Crippen LogP contribution in [0.4, 0.5) is 0 Å². The maximum absolute atomic E-state index is 10.9. The topological polar surface area (TPSA) is 33.1 Å². The van der Waals surface area contributed by atoms with E-state index in [1.165, 1.54) is 5.56 Å². The highest BCUT2D eigenvalue weighted by Crippen LogP contribution is 2.56. The van der Waals surface area contributed by atoms with E-state index < -0.39 is 6.10 Å². The van der Waals surface area contributed by atoms with E-state index in [9.17, 15) is 5.11 Å². The lowest BCUT2D eigenvalue weighted by Crippen LogP contribution is -2.18. The number of aliphatic hydroxyl groups is 1. The van der Waals surface area contributed by atoms with E-state index in [-0.39, 0.29) is 5.41 Å². The first-order chi connectivity index (χ1) is 10.3. The van der Waals surface area contributed by atoms with Crippen molar-refractivity contribution in [3.63, 3.8) is 0 Å². The molecule has 3 aromatic rings. The lowest BCUT2D eigenvalue weighted by Gasteiger charge is -2.23. The number of benzene rings is 2. The number of aliphatic hydroxyl groups excluding tert-OH is 1. The van der Waals surface area contributed by atoms with Crippen LogP contribution in [0.2, 0.25) is 0 Å². The first kappa shape index (κ1) is 12.5. The molecule has 0 amide bonds. The molecular weight excluding hydrogens is 258 g/mol. The van der Waals surface area contributed by atoms with E-state index in [1.54, 1.807) is 0 Å². The molecule has 1 unspecified atom stereocenters. The maximum atomic E-state index is 10.9. The number of hydrogen-bond donors (Lipinski definition) is 1. The van der Waals surface area contributed by atoms with Crippen molar-refractivity contribution in [2.24, 2.45) is 0 Å². The van der Waals surface area contributed by atoms with E-state index in [1.807, 2.05) is 48.7 Å². The van der Waals surface area contributed by atoms with Crippen molar-refractivity contribution < 1.29 is 5.11 Å². The minimum atomic E-state index is -0.489. The van der Waals surface area contributed by atoms with Crippen LogP contribution in [0.1, 0.15) is 30.1 Å². The summed E-state index contributed by atoms with van der Waals surface area (Å²) in [6.07, 6.45) is 3.39. The van der Waals surface area contributed by atoms with Crippen LogP contribution < -0.4 is 0 Å². The molecule has 4 rings (SSSR count). The third-order valence-electron chi connectivity index (χ3n) is 4.59. The summed E-state index contributed by atoms with van der Waals surface area (Å²) >= 11 is 0. The molecule has 21 heavy (non-hydrogen) atoms. The normalized spacial score (nSPS) is 17.6. The minimum Gasteiger partial charge on any atom is -0.387 e. The molecule has 1 heterocycles. The maximum Gasteiger partial charge on any atom is 0.0901 e. The summed E-state index contributed by atoms with van der Waals surface area (Å²) in [5.74, 6) is 0. The molecule has 2 nitrogen and oxygen atoms in total. The predicted molar refractivity (Wildman–Crippen MR) is 84.1 cm³/mol. The average molecular weight is 275 g/mol. The predicted octanol–water partition coefficient (Wildman–Crippen LogP) is 4.00. The molecule has 0 aliphatic heterocycles. The van der Waals surface area contributed by atoms with E-state index in [4.69, 9.17) is 0 Å². The Bertz CT molecular complexity index is 778. The van der Waals surface area contributed by atoms with Crippen molar-refractivity contribution in [3.8, 4) is 0 Å². The van der Waals surface area contributed by atoms with E-state index in [2.05, 4.69) is 23.2 Å². The summed E-state index contributed by atoms with van der Waals surface area (Å²) in [7, 11) is 0. The fourth-order valence-corrected chi connectivity index (χ4v) is 3.18. The monoisotopic (exact) mass is 275 g/mol. The number of aromatic nitrogens is 1. The third-order valence-corrected chi connectivity index (χ3v) is 4.59. The summed E-state index contributed by atoms with van der Waals surface area (Å²) in [6.45, 7) is 0. The van der Waals surface area contributed by atoms with Gasteiger partial charge in [0.15, 0.2) is 0 Å². The largest absolute Gasteiger partial charge is 0.387 e. The van der Waals surface area contributed by atoms with Crippen LogP contribution in [-0.4, -0.2) is 10.1 Å². The third kappa shape index (κ3) is 2.03. The molecule has 1 fully saturated rings. The fraction of sp³-hybridized carbons (Fsp3) is 0.211. The van der Waals surface area contributed by atoms with Crippen molar-refractivity contribution in [2.75, 3.05) is 0 Å². The van der Waals surface area contributed by atoms with Gasteiger partial charge in [-0.2, -0.15) is 0 Å². The Hall–Kier alpha value is -2.19. The van der Waals surface area contributed by atoms with Crippen molar-refractivity contribution in [1.82, 2.24) is 4.98 Å². The first-order valence-corrected chi connectivity index (χ1v) is 7.38. The molecular formula is C19H17NO. The SMILES string of the molecule is OC(c1cnc2ccccc2c1)C1(c2ccccc2)CC1. The quantitative estimate of drug-likeness (QED) is 0.783. The molecule has 2 aromatic carbocycles. The van der Waals surface area contributed by atoms with Gasteiger partial charge in [0.1, 0.15) is 0 Å². The summed E-state index contributed by atoms with van der Waals surface area (Å²) in [5, 5.41) is 12.0. The second kappa shape index (κ2) is 4.68. The molecule has 104 valence electrons. The van der Waals surface area contributed by atoms with Crippen molar-refractivity contribution >= 4 is 10.9 Å². The van der Waals surface area contributed by atoms with Crippen LogP contribution in [0.25, 0.3) is 10.9 Å². The summed E-state index contributed by atoms with van der Waals surface area (Å²) in [4.78, 5) is 4.48. The van der Waals surface area contributed by atoms with Crippen LogP contribution in [0.15, 0.2) is 66.9 Å². The van der Waals surface area contributed by atoms with Gasteiger partial charge in [-0.25, -0.2) is 0 Å². The van der Waals surface area contributed by atoms with Gasteiger partial charge in [-0.05, 0) is 30.5 Å². The van der Waals surface area contributed by atoms with Gasteiger partial charge >= 0.3 is 0 Å². The van der Waals surface area contributed by atoms with Crippen LogP contribution in [0.3, 0.4) is 0 Å². The number of hydrogen-bond acceptors (Lipinski definition) is 2. The van der Waals surface area contributed by atoms with E-state index in [0.717, 1.165) is 29.3 Å². The second-order valence-corrected chi connectivity index (χ2v) is 5.89. The summed E-state index contributed by atoms with van der Waals surface area (Å²) in [6, 6.07) is 20.4. The van der Waals surface area contributed by atoms with Gasteiger partial charge < -0.3 is 5.11 Å². The van der Waals surface area contributed by atoms with Crippen LogP contribution in [0.5, 0.6) is 0 Å². The van der Waals surface area contributed by atoms with Crippen LogP contribution in [0, 0.1) is 0 Å². The molecule has 1 aliphatic carbocycles. The molecule has 0 saturated heterocycles. The molecule has 0 bridgehead atoms. The molecule has 1 atom stereocenters. The van der Waals surface area contributed by atoms with Gasteiger partial charge in [0.05, 0.1) is 11.6 Å². The van der Waals surface area contributed by atoms with Gasteiger partial charge in [-0.15, -0.1) is 0 Å². The van der Waals surface area contributed by atoms with E-state index >= 15 is 0 Å². The zero-order valence-corrected chi connectivity index (χ0v) is 11.7. The number of pyridine rings is 1. The van der Waals surface area contributed by atoms with Gasteiger partial charge in [0.2, 0.25) is 0 Å². The Morgan fingerprint density at radius 3 is 2.43 bits per heavy atom. The Balaban J connectivity index is 1.75. The van der Waals surface area contributed by atoms with Gasteiger partial charge in [0.25, 0.3) is 0 Å². The molecule has 2 heteroatoms. The molecule has 0 spiro atoms. The molecule has 1 aliphatic rings. The van der Waals surface area contributed by atoms with Gasteiger partial charge in [0, 0.05) is 22.6 Å². The summed E-state index contributed by atoms with van der Waals surface area (Å²) in [5.41, 5.74) is 2.99. The Morgan fingerprint density at radius 1 is 0.952 bits per heavy atom. The average Bonchev–Trinajstić information content (AvgIpc) is 3.36. The number of para-hydroxylation sites is 1. The van der Waals surface area contributed by atoms with Crippen LogP contribution >= 0.6 is 0 Å². The minimum absolute atomic E-state index is 0.120. The lowest BCUT2D eigenvalue weighted by atomic mass is 9.86.